The lowest BCUT2D eigenvalue weighted by molar-refractivity contribution is -0.117. The third-order valence-electron chi connectivity index (χ3n) is 6.41. The summed E-state index contributed by atoms with van der Waals surface area (Å²) >= 11 is 0. The molecule has 2 unspecified atom stereocenters. The first-order valence-corrected chi connectivity index (χ1v) is 11.9. The number of aliphatic imine (C=N–C) groups is 1. The Labute approximate surface area is 204 Å². The molecule has 0 spiro atoms. The lowest BCUT2D eigenvalue weighted by Gasteiger charge is -2.26. The number of ether oxygens (including phenoxy) is 1. The molecule has 5 rings (SSSR count). The van der Waals surface area contributed by atoms with Crippen LogP contribution in [0.4, 0.5) is 5.69 Å². The highest BCUT2D eigenvalue weighted by Crippen LogP contribution is 2.24. The number of carbonyl (C=O) groups excluding carboxylic acids is 1. The summed E-state index contributed by atoms with van der Waals surface area (Å²) in [5.74, 6) is -0.545. The first-order valence-electron chi connectivity index (χ1n) is 11.9. The lowest BCUT2D eigenvalue weighted by Crippen LogP contribution is -2.43. The summed E-state index contributed by atoms with van der Waals surface area (Å²) in [7, 11) is 0. The Balaban J connectivity index is 1.28. The molecule has 0 aromatic heterocycles. The Morgan fingerprint density at radius 2 is 1.80 bits per heavy atom. The SMILES string of the molecule is N=C(NC1N=C(c2ccccc2)c2ccccc2NC1=O)OC(=N)C1=CCC(N2CCCC2)C=C1. The van der Waals surface area contributed by atoms with Crippen molar-refractivity contribution in [2.45, 2.75) is 31.5 Å². The van der Waals surface area contributed by atoms with Crippen LogP contribution in [0.25, 0.3) is 0 Å². The number of fused-ring (bicyclic) bond motifs is 1. The Bertz CT molecular complexity index is 1230. The average molecular weight is 469 g/mol. The zero-order chi connectivity index (χ0) is 24.2. The van der Waals surface area contributed by atoms with Gasteiger partial charge in [-0.05, 0) is 38.4 Å². The third-order valence-corrected chi connectivity index (χ3v) is 6.41. The predicted octanol–water partition coefficient (Wildman–Crippen LogP) is 3.67. The van der Waals surface area contributed by atoms with Crippen LogP contribution in [-0.2, 0) is 9.53 Å². The first kappa shape index (κ1) is 22.7. The van der Waals surface area contributed by atoms with Gasteiger partial charge >= 0.3 is 0 Å². The molecular weight excluding hydrogens is 440 g/mol. The van der Waals surface area contributed by atoms with Crippen LogP contribution in [0.3, 0.4) is 0 Å². The van der Waals surface area contributed by atoms with Gasteiger partial charge in [-0.15, -0.1) is 0 Å². The van der Waals surface area contributed by atoms with Gasteiger partial charge in [0.1, 0.15) is 0 Å². The number of benzodiazepines with no additional fused rings is 1. The topological polar surface area (TPSA) is 114 Å². The van der Waals surface area contributed by atoms with Crippen molar-refractivity contribution >= 4 is 29.2 Å². The fraction of sp³-hybridized carbons (Fsp3) is 0.259. The molecule has 2 aromatic carbocycles. The Morgan fingerprint density at radius 1 is 1.06 bits per heavy atom. The summed E-state index contributed by atoms with van der Waals surface area (Å²) in [6, 6.07) is 17.0. The van der Waals surface area contributed by atoms with Gasteiger partial charge in [0.25, 0.3) is 11.9 Å². The molecule has 178 valence electrons. The molecule has 1 amide bonds. The quantitative estimate of drug-likeness (QED) is 0.405. The molecule has 1 aliphatic carbocycles. The number of amides is 1. The number of rotatable bonds is 4. The Hall–Kier alpha value is -4.04. The van der Waals surface area contributed by atoms with Gasteiger partial charge in [0.05, 0.1) is 11.4 Å². The van der Waals surface area contributed by atoms with E-state index in [1.54, 1.807) is 0 Å². The van der Waals surface area contributed by atoms with Crippen molar-refractivity contribution in [1.29, 1.82) is 10.8 Å². The van der Waals surface area contributed by atoms with Crippen molar-refractivity contribution in [3.63, 3.8) is 0 Å². The van der Waals surface area contributed by atoms with E-state index < -0.39 is 18.1 Å². The van der Waals surface area contributed by atoms with E-state index in [2.05, 4.69) is 26.6 Å². The summed E-state index contributed by atoms with van der Waals surface area (Å²) in [5, 5.41) is 22.2. The molecule has 1 saturated heterocycles. The van der Waals surface area contributed by atoms with Gasteiger partial charge in [-0.2, -0.15) is 0 Å². The van der Waals surface area contributed by atoms with E-state index >= 15 is 0 Å². The molecule has 2 aliphatic heterocycles. The highest BCUT2D eigenvalue weighted by Gasteiger charge is 2.27. The van der Waals surface area contributed by atoms with E-state index in [4.69, 9.17) is 15.6 Å². The number of benzene rings is 2. The number of nitrogens with zero attached hydrogens (tertiary/aromatic N) is 2. The zero-order valence-corrected chi connectivity index (χ0v) is 19.3. The van der Waals surface area contributed by atoms with Gasteiger partial charge < -0.3 is 15.4 Å². The smallest absolute Gasteiger partial charge is 0.290 e. The average Bonchev–Trinajstić information content (AvgIpc) is 3.38. The lowest BCUT2D eigenvalue weighted by atomic mass is 10.0. The summed E-state index contributed by atoms with van der Waals surface area (Å²) in [5.41, 5.74) is 3.55. The van der Waals surface area contributed by atoms with Gasteiger partial charge in [0.15, 0.2) is 0 Å². The molecule has 3 aliphatic rings. The summed E-state index contributed by atoms with van der Waals surface area (Å²) in [4.78, 5) is 20.0. The van der Waals surface area contributed by atoms with Crippen LogP contribution in [0, 0.1) is 10.8 Å². The van der Waals surface area contributed by atoms with E-state index in [0.717, 1.165) is 30.6 Å². The highest BCUT2D eigenvalue weighted by molar-refractivity contribution is 6.19. The molecular formula is C27H28N6O2. The van der Waals surface area contributed by atoms with E-state index in [-0.39, 0.29) is 5.90 Å². The fourth-order valence-electron chi connectivity index (χ4n) is 4.62. The van der Waals surface area contributed by atoms with Crippen LogP contribution in [-0.4, -0.2) is 53.7 Å². The fourth-order valence-corrected chi connectivity index (χ4v) is 4.62. The second-order valence-electron chi connectivity index (χ2n) is 8.75. The Morgan fingerprint density at radius 3 is 2.54 bits per heavy atom. The zero-order valence-electron chi connectivity index (χ0n) is 19.3. The Kier molecular flexibility index (Phi) is 6.54. The maximum Gasteiger partial charge on any atom is 0.290 e. The predicted molar refractivity (Wildman–Crippen MR) is 137 cm³/mol. The van der Waals surface area contributed by atoms with Crippen LogP contribution < -0.4 is 10.6 Å². The molecule has 8 nitrogen and oxygen atoms in total. The first-order chi connectivity index (χ1) is 17.1. The molecule has 1 fully saturated rings. The normalized spacial score (nSPS) is 21.8. The van der Waals surface area contributed by atoms with E-state index in [1.807, 2.05) is 66.7 Å². The number of hydrogen-bond acceptors (Lipinski definition) is 6. The van der Waals surface area contributed by atoms with E-state index in [0.29, 0.717) is 23.0 Å². The van der Waals surface area contributed by atoms with Crippen LogP contribution in [0.15, 0.2) is 83.4 Å². The van der Waals surface area contributed by atoms with E-state index in [9.17, 15) is 4.79 Å². The number of anilines is 1. The maximum atomic E-state index is 12.9. The molecule has 4 N–H and O–H groups in total. The minimum absolute atomic E-state index is 0.136. The molecule has 0 bridgehead atoms. The molecule has 2 atom stereocenters. The maximum absolute atomic E-state index is 12.9. The molecule has 2 aromatic rings. The molecule has 2 heterocycles. The largest absolute Gasteiger partial charge is 0.407 e. The number of carbonyl (C=O) groups is 1. The summed E-state index contributed by atoms with van der Waals surface area (Å²) < 4.78 is 5.43. The minimum atomic E-state index is -1.09. The van der Waals surface area contributed by atoms with Crippen LogP contribution in [0.2, 0.25) is 0 Å². The van der Waals surface area contributed by atoms with Crippen molar-refractivity contribution in [3.8, 4) is 0 Å². The van der Waals surface area contributed by atoms with Crippen molar-refractivity contribution in [3.05, 3.63) is 89.5 Å². The summed E-state index contributed by atoms with van der Waals surface area (Å²) in [6.45, 7) is 2.22. The van der Waals surface area contributed by atoms with Crippen molar-refractivity contribution in [2.75, 3.05) is 18.4 Å². The van der Waals surface area contributed by atoms with Crippen LogP contribution in [0.1, 0.15) is 30.4 Å². The third kappa shape index (κ3) is 5.07. The van der Waals surface area contributed by atoms with Crippen molar-refractivity contribution in [1.82, 2.24) is 10.2 Å². The van der Waals surface area contributed by atoms with Gasteiger partial charge in [0, 0.05) is 22.7 Å². The van der Waals surface area contributed by atoms with Gasteiger partial charge in [-0.3, -0.25) is 20.5 Å². The van der Waals surface area contributed by atoms with Crippen molar-refractivity contribution in [2.24, 2.45) is 4.99 Å². The van der Waals surface area contributed by atoms with Crippen LogP contribution in [0.5, 0.6) is 0 Å². The van der Waals surface area contributed by atoms with E-state index in [1.165, 1.54) is 12.8 Å². The number of likely N-dealkylation sites (tertiary alicyclic amines) is 1. The summed E-state index contributed by atoms with van der Waals surface area (Å²) in [6.07, 6.45) is 8.14. The second kappa shape index (κ2) is 10.1. The van der Waals surface area contributed by atoms with Crippen molar-refractivity contribution < 1.29 is 9.53 Å². The molecule has 0 radical (unpaired) electrons. The number of nitrogens with one attached hydrogen (secondary N) is 4. The number of para-hydroxylation sites is 1. The molecule has 35 heavy (non-hydrogen) atoms. The highest BCUT2D eigenvalue weighted by atomic mass is 16.5. The monoisotopic (exact) mass is 468 g/mol. The van der Waals surface area contributed by atoms with Gasteiger partial charge in [-0.25, -0.2) is 4.99 Å². The standard InChI is InChI=1S/C27H28N6O2/c28-24(19-12-14-20(15-13-19)33-16-6-7-17-33)35-27(29)32-25-26(34)30-22-11-5-4-10-21(22)23(31-25)18-8-2-1-3-9-18/h1-5,8-14,20,25,28H,6-7,15-17H2,(H2,29,32)(H,30,34). The minimum Gasteiger partial charge on any atom is -0.407 e. The molecule has 0 saturated carbocycles. The van der Waals surface area contributed by atoms with Gasteiger partial charge in [0.2, 0.25) is 12.1 Å². The van der Waals surface area contributed by atoms with Gasteiger partial charge in [-0.1, -0.05) is 66.8 Å². The van der Waals surface area contributed by atoms with Crippen LogP contribution >= 0.6 is 0 Å². The number of amidine groups is 1. The number of hydrogen-bond donors (Lipinski definition) is 4. The molecule has 8 heteroatoms. The second-order valence-corrected chi connectivity index (χ2v) is 8.75.